The maximum atomic E-state index is 12.9. The fourth-order valence-corrected chi connectivity index (χ4v) is 4.06. The van der Waals surface area contributed by atoms with Crippen molar-refractivity contribution in [2.24, 2.45) is 0 Å². The SMILES string of the molecule is COc1ccc2c(c1)CCc1nc(NC(=O)c3ccccc3)c(Cc3ccccc3)nc1-2. The highest BCUT2D eigenvalue weighted by Gasteiger charge is 2.23. The average Bonchev–Trinajstić information content (AvgIpc) is 2.85. The molecule has 158 valence electrons. The van der Waals surface area contributed by atoms with Gasteiger partial charge in [-0.3, -0.25) is 4.79 Å². The van der Waals surface area contributed by atoms with Crippen LogP contribution < -0.4 is 10.1 Å². The molecule has 0 unspecified atom stereocenters. The number of fused-ring (bicyclic) bond motifs is 3. The Labute approximate surface area is 187 Å². The van der Waals surface area contributed by atoms with Gasteiger partial charge in [0, 0.05) is 17.5 Å². The van der Waals surface area contributed by atoms with Crippen LogP contribution in [0.1, 0.15) is 32.9 Å². The van der Waals surface area contributed by atoms with Crippen molar-refractivity contribution in [1.82, 2.24) is 9.97 Å². The van der Waals surface area contributed by atoms with Crippen molar-refractivity contribution in [3.63, 3.8) is 0 Å². The van der Waals surface area contributed by atoms with E-state index in [9.17, 15) is 4.79 Å². The maximum absolute atomic E-state index is 12.9. The summed E-state index contributed by atoms with van der Waals surface area (Å²) in [4.78, 5) is 22.8. The summed E-state index contributed by atoms with van der Waals surface area (Å²) in [6, 6.07) is 25.4. The number of carbonyl (C=O) groups excluding carboxylic acids is 1. The van der Waals surface area contributed by atoms with Crippen molar-refractivity contribution in [3.8, 4) is 17.0 Å². The van der Waals surface area contributed by atoms with E-state index in [0.717, 1.165) is 46.8 Å². The number of carbonyl (C=O) groups is 1. The van der Waals surface area contributed by atoms with E-state index in [-0.39, 0.29) is 5.91 Å². The number of nitrogens with zero attached hydrogens (tertiary/aromatic N) is 2. The number of amides is 1. The summed E-state index contributed by atoms with van der Waals surface area (Å²) in [6.07, 6.45) is 2.21. The molecule has 1 aliphatic rings. The molecule has 1 amide bonds. The lowest BCUT2D eigenvalue weighted by atomic mass is 9.91. The minimum atomic E-state index is -0.185. The Morgan fingerprint density at radius 3 is 2.44 bits per heavy atom. The zero-order valence-corrected chi connectivity index (χ0v) is 17.8. The molecule has 3 aromatic carbocycles. The molecule has 5 heteroatoms. The third-order valence-corrected chi connectivity index (χ3v) is 5.72. The van der Waals surface area contributed by atoms with Gasteiger partial charge in [0.1, 0.15) is 5.75 Å². The summed E-state index contributed by atoms with van der Waals surface area (Å²) < 4.78 is 5.39. The van der Waals surface area contributed by atoms with Crippen molar-refractivity contribution < 1.29 is 9.53 Å². The number of nitrogens with one attached hydrogen (secondary N) is 1. The van der Waals surface area contributed by atoms with Gasteiger partial charge in [-0.25, -0.2) is 9.97 Å². The van der Waals surface area contributed by atoms with E-state index in [1.165, 1.54) is 5.56 Å². The highest BCUT2D eigenvalue weighted by atomic mass is 16.5. The number of methoxy groups -OCH3 is 1. The molecule has 5 nitrogen and oxygen atoms in total. The van der Waals surface area contributed by atoms with Gasteiger partial charge in [0.15, 0.2) is 5.82 Å². The molecule has 0 aliphatic heterocycles. The first-order chi connectivity index (χ1) is 15.7. The van der Waals surface area contributed by atoms with Crippen molar-refractivity contribution >= 4 is 11.7 Å². The van der Waals surface area contributed by atoms with E-state index in [4.69, 9.17) is 14.7 Å². The molecule has 0 saturated heterocycles. The van der Waals surface area contributed by atoms with Crippen molar-refractivity contribution in [2.45, 2.75) is 19.3 Å². The predicted octanol–water partition coefficient (Wildman–Crippen LogP) is 5.09. The van der Waals surface area contributed by atoms with Crippen molar-refractivity contribution in [3.05, 3.63) is 107 Å². The first-order valence-electron chi connectivity index (χ1n) is 10.7. The number of ether oxygens (including phenoxy) is 1. The monoisotopic (exact) mass is 421 g/mol. The highest BCUT2D eigenvalue weighted by Crippen LogP contribution is 2.35. The Balaban J connectivity index is 1.57. The summed E-state index contributed by atoms with van der Waals surface area (Å²) >= 11 is 0. The molecule has 0 fully saturated rings. The van der Waals surface area contributed by atoms with Crippen molar-refractivity contribution in [1.29, 1.82) is 0 Å². The molecule has 5 rings (SSSR count). The maximum Gasteiger partial charge on any atom is 0.256 e. The second-order valence-corrected chi connectivity index (χ2v) is 7.82. The Morgan fingerprint density at radius 2 is 1.69 bits per heavy atom. The first kappa shape index (κ1) is 19.9. The lowest BCUT2D eigenvalue weighted by Gasteiger charge is -2.21. The van der Waals surface area contributed by atoms with Gasteiger partial charge in [-0.1, -0.05) is 48.5 Å². The van der Waals surface area contributed by atoms with Crippen LogP contribution in [0.2, 0.25) is 0 Å². The Kier molecular flexibility index (Phi) is 5.38. The Hall–Kier alpha value is -3.99. The minimum Gasteiger partial charge on any atom is -0.497 e. The van der Waals surface area contributed by atoms with Crippen LogP contribution in [0.4, 0.5) is 5.82 Å². The lowest BCUT2D eigenvalue weighted by molar-refractivity contribution is 0.102. The Morgan fingerprint density at radius 1 is 0.938 bits per heavy atom. The molecule has 0 spiro atoms. The quantitative estimate of drug-likeness (QED) is 0.487. The summed E-state index contributed by atoms with van der Waals surface area (Å²) in [5.41, 5.74) is 6.54. The molecule has 1 N–H and O–H groups in total. The number of hydrogen-bond acceptors (Lipinski definition) is 4. The molecule has 0 bridgehead atoms. The number of rotatable bonds is 5. The zero-order valence-electron chi connectivity index (χ0n) is 17.8. The van der Waals surface area contributed by atoms with Crippen LogP contribution in [-0.4, -0.2) is 23.0 Å². The highest BCUT2D eigenvalue weighted by molar-refractivity contribution is 6.04. The second kappa shape index (κ2) is 8.63. The van der Waals surface area contributed by atoms with Crippen molar-refractivity contribution in [2.75, 3.05) is 12.4 Å². The molecule has 4 aromatic rings. The van der Waals surface area contributed by atoms with Crippen LogP contribution in [-0.2, 0) is 19.3 Å². The number of aromatic nitrogens is 2. The van der Waals surface area contributed by atoms with E-state index in [2.05, 4.69) is 29.6 Å². The topological polar surface area (TPSA) is 64.1 Å². The largest absolute Gasteiger partial charge is 0.497 e. The fraction of sp³-hybridized carbons (Fsp3) is 0.148. The average molecular weight is 422 g/mol. The fourth-order valence-electron chi connectivity index (χ4n) is 4.06. The molecule has 0 atom stereocenters. The van der Waals surface area contributed by atoms with E-state index >= 15 is 0 Å². The first-order valence-corrected chi connectivity index (χ1v) is 10.7. The third kappa shape index (κ3) is 3.97. The summed E-state index contributed by atoms with van der Waals surface area (Å²) in [7, 11) is 1.68. The number of hydrogen-bond donors (Lipinski definition) is 1. The van der Waals surface area contributed by atoms with Gasteiger partial charge in [0.2, 0.25) is 0 Å². The number of benzene rings is 3. The van der Waals surface area contributed by atoms with Gasteiger partial charge in [-0.15, -0.1) is 0 Å². The molecule has 0 saturated carbocycles. The molecule has 32 heavy (non-hydrogen) atoms. The van der Waals surface area contributed by atoms with Gasteiger partial charge in [-0.05, 0) is 54.3 Å². The van der Waals surface area contributed by atoms with Crippen LogP contribution in [0.25, 0.3) is 11.3 Å². The summed E-state index contributed by atoms with van der Waals surface area (Å²) in [6.45, 7) is 0. The van der Waals surface area contributed by atoms with Gasteiger partial charge in [-0.2, -0.15) is 0 Å². The van der Waals surface area contributed by atoms with Gasteiger partial charge < -0.3 is 10.1 Å². The minimum absolute atomic E-state index is 0.185. The molecule has 1 aromatic heterocycles. The van der Waals surface area contributed by atoms with Crippen LogP contribution in [0.15, 0.2) is 78.9 Å². The number of anilines is 1. The molecule has 1 heterocycles. The molecular weight excluding hydrogens is 398 g/mol. The van der Waals surface area contributed by atoms with Gasteiger partial charge in [0.25, 0.3) is 5.91 Å². The van der Waals surface area contributed by atoms with E-state index in [1.54, 1.807) is 19.2 Å². The lowest BCUT2D eigenvalue weighted by Crippen LogP contribution is -2.18. The molecule has 0 radical (unpaired) electrons. The smallest absolute Gasteiger partial charge is 0.256 e. The third-order valence-electron chi connectivity index (χ3n) is 5.72. The summed E-state index contributed by atoms with van der Waals surface area (Å²) in [5, 5.41) is 3.01. The molecule has 1 aliphatic carbocycles. The van der Waals surface area contributed by atoms with Gasteiger partial charge in [0.05, 0.1) is 24.2 Å². The van der Waals surface area contributed by atoms with E-state index < -0.39 is 0 Å². The zero-order chi connectivity index (χ0) is 21.9. The Bertz CT molecular complexity index is 1270. The summed E-state index contributed by atoms with van der Waals surface area (Å²) in [5.74, 6) is 1.19. The van der Waals surface area contributed by atoms with E-state index in [0.29, 0.717) is 17.8 Å². The van der Waals surface area contributed by atoms with Gasteiger partial charge >= 0.3 is 0 Å². The van der Waals surface area contributed by atoms with Crippen LogP contribution in [0, 0.1) is 0 Å². The van der Waals surface area contributed by atoms with Crippen LogP contribution >= 0.6 is 0 Å². The van der Waals surface area contributed by atoms with E-state index in [1.807, 2.05) is 42.5 Å². The second-order valence-electron chi connectivity index (χ2n) is 7.82. The predicted molar refractivity (Wildman–Crippen MR) is 125 cm³/mol. The molecular formula is C27H23N3O2. The van der Waals surface area contributed by atoms with Crippen LogP contribution in [0.3, 0.4) is 0 Å². The number of aryl methyl sites for hydroxylation is 2. The standard InChI is InChI=1S/C27H23N3O2/c1-32-21-13-14-22-20(17-21)12-15-23-25(22)28-24(16-18-8-4-2-5-9-18)26(29-23)30-27(31)19-10-6-3-7-11-19/h2-11,13-14,17H,12,15-16H2,1H3,(H,29,30,31). The van der Waals surface area contributed by atoms with Crippen LogP contribution in [0.5, 0.6) is 5.75 Å². The normalized spacial score (nSPS) is 11.9.